The van der Waals surface area contributed by atoms with E-state index in [9.17, 15) is 18.0 Å². The van der Waals surface area contributed by atoms with Crippen LogP contribution in [0.1, 0.15) is 25.8 Å². The number of hydrogen-bond donors (Lipinski definition) is 3. The monoisotopic (exact) mass is 429 g/mol. The van der Waals surface area contributed by atoms with E-state index in [1.165, 1.54) is 18.3 Å². The standard InChI is InChI=1S/C22H22F3N5O/c1-14(2)11-20(31)28-17-7-4-8-18(13-17)29-21-26-10-9-19(30-21)27-16-6-3-5-15(12-16)22(23,24)25/h3-10,12-14H,11H2,1-2H3,(H,28,31)(H2,26,27,29,30). The number of amides is 1. The van der Waals surface area contributed by atoms with Gasteiger partial charge in [0.05, 0.1) is 5.56 Å². The van der Waals surface area contributed by atoms with E-state index >= 15 is 0 Å². The molecule has 2 aromatic carbocycles. The molecule has 162 valence electrons. The van der Waals surface area contributed by atoms with Gasteiger partial charge in [-0.05, 0) is 48.4 Å². The van der Waals surface area contributed by atoms with Crippen molar-refractivity contribution in [3.8, 4) is 0 Å². The summed E-state index contributed by atoms with van der Waals surface area (Å²) in [6.07, 6.45) is -2.52. The fraction of sp³-hybridized carbons (Fsp3) is 0.227. The van der Waals surface area contributed by atoms with Gasteiger partial charge >= 0.3 is 6.18 Å². The molecular weight excluding hydrogens is 407 g/mol. The molecule has 0 saturated heterocycles. The predicted octanol–water partition coefficient (Wildman–Crippen LogP) is 5.97. The van der Waals surface area contributed by atoms with Crippen LogP contribution in [-0.4, -0.2) is 15.9 Å². The lowest BCUT2D eigenvalue weighted by molar-refractivity contribution is -0.137. The number of rotatable bonds is 7. The molecule has 0 radical (unpaired) electrons. The number of carbonyl (C=O) groups is 1. The molecule has 0 spiro atoms. The molecule has 1 heterocycles. The normalized spacial score (nSPS) is 11.3. The lowest BCUT2D eigenvalue weighted by Crippen LogP contribution is -2.13. The molecule has 0 saturated carbocycles. The summed E-state index contributed by atoms with van der Waals surface area (Å²) >= 11 is 0. The summed E-state index contributed by atoms with van der Waals surface area (Å²) in [5.74, 6) is 0.762. The quantitative estimate of drug-likeness (QED) is 0.431. The van der Waals surface area contributed by atoms with Gasteiger partial charge in [0.15, 0.2) is 0 Å². The molecule has 3 rings (SSSR count). The molecule has 1 amide bonds. The Morgan fingerprint density at radius 2 is 1.65 bits per heavy atom. The molecule has 0 aliphatic carbocycles. The third-order valence-electron chi connectivity index (χ3n) is 4.11. The number of aromatic nitrogens is 2. The van der Waals surface area contributed by atoms with Gasteiger partial charge in [-0.2, -0.15) is 18.2 Å². The Hall–Kier alpha value is -3.62. The van der Waals surface area contributed by atoms with Crippen LogP contribution in [0.25, 0.3) is 0 Å². The van der Waals surface area contributed by atoms with Crippen LogP contribution in [-0.2, 0) is 11.0 Å². The molecule has 0 aliphatic heterocycles. The molecule has 6 nitrogen and oxygen atoms in total. The maximum atomic E-state index is 12.9. The Balaban J connectivity index is 1.70. The lowest BCUT2D eigenvalue weighted by atomic mass is 10.1. The first-order chi connectivity index (χ1) is 14.7. The van der Waals surface area contributed by atoms with Crippen molar-refractivity contribution in [1.82, 2.24) is 9.97 Å². The molecule has 1 aromatic heterocycles. The first-order valence-electron chi connectivity index (χ1n) is 9.63. The van der Waals surface area contributed by atoms with Crippen LogP contribution in [0.4, 0.5) is 42.0 Å². The fourth-order valence-corrected chi connectivity index (χ4v) is 2.80. The summed E-state index contributed by atoms with van der Waals surface area (Å²) in [6, 6.07) is 13.5. The maximum Gasteiger partial charge on any atom is 0.416 e. The van der Waals surface area contributed by atoms with Crippen molar-refractivity contribution >= 4 is 34.7 Å². The van der Waals surface area contributed by atoms with Gasteiger partial charge in [0.25, 0.3) is 0 Å². The van der Waals surface area contributed by atoms with Gasteiger partial charge in [0.2, 0.25) is 11.9 Å². The number of halogens is 3. The van der Waals surface area contributed by atoms with Crippen LogP contribution >= 0.6 is 0 Å². The van der Waals surface area contributed by atoms with Crippen molar-refractivity contribution in [3.63, 3.8) is 0 Å². The third kappa shape index (κ3) is 6.70. The van der Waals surface area contributed by atoms with E-state index in [1.54, 1.807) is 30.3 Å². The van der Waals surface area contributed by atoms with Gasteiger partial charge in [0, 0.05) is 29.7 Å². The molecule has 9 heteroatoms. The van der Waals surface area contributed by atoms with Crippen LogP contribution in [0, 0.1) is 5.92 Å². The van der Waals surface area contributed by atoms with E-state index in [0.717, 1.165) is 12.1 Å². The van der Waals surface area contributed by atoms with Gasteiger partial charge in [-0.25, -0.2) is 4.98 Å². The first-order valence-corrected chi connectivity index (χ1v) is 9.63. The summed E-state index contributed by atoms with van der Waals surface area (Å²) < 4.78 is 38.7. The van der Waals surface area contributed by atoms with Crippen molar-refractivity contribution in [3.05, 3.63) is 66.4 Å². The highest BCUT2D eigenvalue weighted by Gasteiger charge is 2.30. The van der Waals surface area contributed by atoms with Gasteiger partial charge in [-0.3, -0.25) is 4.79 Å². The van der Waals surface area contributed by atoms with Crippen LogP contribution in [0.15, 0.2) is 60.8 Å². The Morgan fingerprint density at radius 1 is 0.968 bits per heavy atom. The molecular formula is C22H22F3N5O. The van der Waals surface area contributed by atoms with E-state index < -0.39 is 11.7 Å². The second kappa shape index (κ2) is 9.46. The summed E-state index contributed by atoms with van der Waals surface area (Å²) in [6.45, 7) is 3.94. The van der Waals surface area contributed by atoms with Crippen LogP contribution in [0.2, 0.25) is 0 Å². The SMILES string of the molecule is CC(C)CC(=O)Nc1cccc(Nc2nccc(Nc3cccc(C(F)(F)F)c3)n2)c1. The summed E-state index contributed by atoms with van der Waals surface area (Å²) in [4.78, 5) is 20.4. The van der Waals surface area contributed by atoms with Gasteiger partial charge in [0.1, 0.15) is 5.82 Å². The molecule has 3 N–H and O–H groups in total. The lowest BCUT2D eigenvalue weighted by Gasteiger charge is -2.12. The van der Waals surface area contributed by atoms with Crippen LogP contribution in [0.3, 0.4) is 0 Å². The number of nitrogens with zero attached hydrogens (tertiary/aromatic N) is 2. The van der Waals surface area contributed by atoms with Gasteiger partial charge in [-0.15, -0.1) is 0 Å². The van der Waals surface area contributed by atoms with E-state index in [-0.39, 0.29) is 23.5 Å². The number of hydrogen-bond acceptors (Lipinski definition) is 5. The Kier molecular flexibility index (Phi) is 6.74. The Morgan fingerprint density at radius 3 is 2.35 bits per heavy atom. The molecule has 31 heavy (non-hydrogen) atoms. The number of alkyl halides is 3. The minimum atomic E-state index is -4.42. The zero-order valence-corrected chi connectivity index (χ0v) is 17.0. The van der Waals surface area contributed by atoms with E-state index in [1.807, 2.05) is 13.8 Å². The number of carbonyl (C=O) groups excluding carboxylic acids is 1. The molecule has 0 bridgehead atoms. The summed E-state index contributed by atoms with van der Waals surface area (Å²) in [5.41, 5.74) is 0.794. The molecule has 3 aromatic rings. The largest absolute Gasteiger partial charge is 0.416 e. The van der Waals surface area contributed by atoms with Crippen molar-refractivity contribution < 1.29 is 18.0 Å². The van der Waals surface area contributed by atoms with Crippen molar-refractivity contribution in [2.24, 2.45) is 5.92 Å². The van der Waals surface area contributed by atoms with Crippen molar-refractivity contribution in [1.29, 1.82) is 0 Å². The molecule has 0 aliphatic rings. The second-order valence-electron chi connectivity index (χ2n) is 7.32. The van der Waals surface area contributed by atoms with Gasteiger partial charge < -0.3 is 16.0 Å². The highest BCUT2D eigenvalue weighted by Crippen LogP contribution is 2.31. The van der Waals surface area contributed by atoms with Gasteiger partial charge in [-0.1, -0.05) is 26.0 Å². The maximum absolute atomic E-state index is 12.9. The molecule has 0 fully saturated rings. The van der Waals surface area contributed by atoms with E-state index in [0.29, 0.717) is 23.6 Å². The smallest absolute Gasteiger partial charge is 0.340 e. The topological polar surface area (TPSA) is 78.9 Å². The summed E-state index contributed by atoms with van der Waals surface area (Å²) in [5, 5.41) is 8.71. The number of anilines is 5. The minimum absolute atomic E-state index is 0.0734. The molecule has 0 unspecified atom stereocenters. The number of benzene rings is 2. The van der Waals surface area contributed by atoms with E-state index in [4.69, 9.17) is 0 Å². The van der Waals surface area contributed by atoms with Crippen molar-refractivity contribution in [2.75, 3.05) is 16.0 Å². The third-order valence-corrected chi connectivity index (χ3v) is 4.11. The zero-order chi connectivity index (χ0) is 22.4. The average Bonchev–Trinajstić information content (AvgIpc) is 2.67. The molecule has 0 atom stereocenters. The summed E-state index contributed by atoms with van der Waals surface area (Å²) in [7, 11) is 0. The Labute approximate surface area is 177 Å². The zero-order valence-electron chi connectivity index (χ0n) is 17.0. The fourth-order valence-electron chi connectivity index (χ4n) is 2.80. The highest BCUT2D eigenvalue weighted by atomic mass is 19.4. The second-order valence-corrected chi connectivity index (χ2v) is 7.32. The van der Waals surface area contributed by atoms with Crippen LogP contribution in [0.5, 0.6) is 0 Å². The first kappa shape index (κ1) is 22.1. The number of nitrogens with one attached hydrogen (secondary N) is 3. The van der Waals surface area contributed by atoms with E-state index in [2.05, 4.69) is 25.9 Å². The van der Waals surface area contributed by atoms with Crippen molar-refractivity contribution in [2.45, 2.75) is 26.4 Å². The van der Waals surface area contributed by atoms with Crippen LogP contribution < -0.4 is 16.0 Å². The predicted molar refractivity (Wildman–Crippen MR) is 115 cm³/mol. The minimum Gasteiger partial charge on any atom is -0.340 e. The Bertz CT molecular complexity index is 1050. The highest BCUT2D eigenvalue weighted by molar-refractivity contribution is 5.91. The average molecular weight is 429 g/mol.